The molecule has 9 nitrogen and oxygen atoms in total. The molecule has 0 aromatic heterocycles. The first kappa shape index (κ1) is 27.0. The maximum atomic E-state index is 12.9. The van der Waals surface area contributed by atoms with Gasteiger partial charge in [0.05, 0.1) is 23.3 Å². The number of hydrogen-bond acceptors (Lipinski definition) is 9. The third kappa shape index (κ3) is 7.18. The van der Waals surface area contributed by atoms with Gasteiger partial charge in [-0.1, -0.05) is 54.6 Å². The van der Waals surface area contributed by atoms with Crippen LogP contribution in [0.5, 0.6) is 0 Å². The van der Waals surface area contributed by atoms with Crippen LogP contribution in [0.4, 0.5) is 0 Å². The third-order valence-electron chi connectivity index (χ3n) is 5.21. The van der Waals surface area contributed by atoms with Crippen molar-refractivity contribution in [3.63, 3.8) is 0 Å². The smallest absolute Gasteiger partial charge is 0.338 e. The molecule has 3 aromatic rings. The van der Waals surface area contributed by atoms with Crippen LogP contribution < -0.4 is 0 Å². The van der Waals surface area contributed by atoms with Gasteiger partial charge in [-0.3, -0.25) is 9.59 Å². The van der Waals surface area contributed by atoms with Crippen LogP contribution in [0.3, 0.4) is 0 Å². The second-order valence-corrected chi connectivity index (χ2v) is 7.84. The van der Waals surface area contributed by atoms with Gasteiger partial charge in [0, 0.05) is 6.92 Å². The summed E-state index contributed by atoms with van der Waals surface area (Å²) in [6.45, 7) is 0.0293. The molecule has 37 heavy (non-hydrogen) atoms. The van der Waals surface area contributed by atoms with E-state index in [-0.39, 0.29) is 16.7 Å². The quantitative estimate of drug-likeness (QED) is 0.238. The molecule has 0 aliphatic rings. The van der Waals surface area contributed by atoms with Crippen molar-refractivity contribution in [2.45, 2.75) is 25.2 Å². The summed E-state index contributed by atoms with van der Waals surface area (Å²) in [6, 6.07) is 23.0. The highest BCUT2D eigenvalue weighted by molar-refractivity contribution is 6.38. The molecule has 0 fully saturated rings. The highest BCUT2D eigenvalue weighted by Gasteiger charge is 2.44. The maximum absolute atomic E-state index is 12.9. The molecule has 0 aliphatic heterocycles. The summed E-state index contributed by atoms with van der Waals surface area (Å²) >= 11 is 0. The number of carbonyl (C=O) groups excluding carboxylic acids is 5. The molecule has 0 saturated heterocycles. The van der Waals surface area contributed by atoms with Gasteiger partial charge in [-0.05, 0) is 36.4 Å². The summed E-state index contributed by atoms with van der Waals surface area (Å²) in [5, 5.41) is 10.1. The molecule has 0 bridgehead atoms. The average molecular weight is 504 g/mol. The average Bonchev–Trinajstić information content (AvgIpc) is 2.94. The normalized spacial score (nSPS) is 12.9. The van der Waals surface area contributed by atoms with Crippen LogP contribution in [-0.2, 0) is 23.8 Å². The van der Waals surface area contributed by atoms with Gasteiger partial charge >= 0.3 is 17.9 Å². The lowest BCUT2D eigenvalue weighted by atomic mass is 10.0. The van der Waals surface area contributed by atoms with E-state index in [9.17, 15) is 29.1 Å². The van der Waals surface area contributed by atoms with E-state index in [4.69, 9.17) is 14.2 Å². The second-order valence-electron chi connectivity index (χ2n) is 7.84. The molecule has 1 N–H and O–H groups in total. The summed E-state index contributed by atoms with van der Waals surface area (Å²) < 4.78 is 16.2. The Kier molecular flexibility index (Phi) is 9.40. The lowest BCUT2D eigenvalue weighted by molar-refractivity contribution is -0.150. The fraction of sp³-hybridized carbons (Fsp3) is 0.179. The van der Waals surface area contributed by atoms with Crippen LogP contribution >= 0.6 is 0 Å². The Labute approximate surface area is 212 Å². The van der Waals surface area contributed by atoms with Crippen molar-refractivity contribution >= 4 is 29.5 Å². The van der Waals surface area contributed by atoms with Crippen LogP contribution in [0.25, 0.3) is 0 Å². The zero-order valence-corrected chi connectivity index (χ0v) is 19.8. The Hall–Kier alpha value is -4.63. The molecule has 3 rings (SSSR count). The van der Waals surface area contributed by atoms with Crippen molar-refractivity contribution in [3.05, 3.63) is 108 Å². The van der Waals surface area contributed by atoms with Crippen LogP contribution in [0, 0.1) is 0 Å². The maximum Gasteiger partial charge on any atom is 0.338 e. The van der Waals surface area contributed by atoms with E-state index in [1.165, 1.54) is 36.4 Å². The molecule has 0 amide bonds. The molecule has 9 heteroatoms. The predicted molar refractivity (Wildman–Crippen MR) is 130 cm³/mol. The number of ketones is 2. The number of benzene rings is 3. The Morgan fingerprint density at radius 3 is 1.38 bits per heavy atom. The minimum atomic E-state index is -2.02. The highest BCUT2D eigenvalue weighted by atomic mass is 16.6. The van der Waals surface area contributed by atoms with Crippen molar-refractivity contribution in [2.75, 3.05) is 6.61 Å². The molecular weight excluding hydrogens is 480 g/mol. The van der Waals surface area contributed by atoms with Gasteiger partial charge in [0.2, 0.25) is 11.9 Å². The number of Topliss-reactive ketones (excluding diaryl/α,β-unsaturated/α-hetero) is 2. The molecule has 3 atom stereocenters. The van der Waals surface area contributed by atoms with Crippen LogP contribution in [0.2, 0.25) is 0 Å². The van der Waals surface area contributed by atoms with Gasteiger partial charge in [0.1, 0.15) is 0 Å². The second kappa shape index (κ2) is 12.9. The molecule has 190 valence electrons. The van der Waals surface area contributed by atoms with E-state index in [0.717, 1.165) is 6.92 Å². The predicted octanol–water partition coefficient (Wildman–Crippen LogP) is 2.81. The first-order chi connectivity index (χ1) is 17.8. The van der Waals surface area contributed by atoms with E-state index in [0.29, 0.717) is 0 Å². The van der Waals surface area contributed by atoms with Crippen molar-refractivity contribution in [3.8, 4) is 0 Å². The Bertz CT molecular complexity index is 1240. The largest absolute Gasteiger partial charge is 0.452 e. The van der Waals surface area contributed by atoms with Gasteiger partial charge in [0.25, 0.3) is 0 Å². The van der Waals surface area contributed by atoms with Gasteiger partial charge in [0.15, 0.2) is 18.0 Å². The van der Waals surface area contributed by atoms with Crippen molar-refractivity contribution < 1.29 is 43.3 Å². The number of rotatable bonds is 11. The fourth-order valence-electron chi connectivity index (χ4n) is 3.31. The molecule has 0 unspecified atom stereocenters. The standard InChI is InChI=1S/C28H24O9/c1-18(30)23(31)25(37-28(34)21-15-9-4-10-16-21)24(36-27(33)20-13-7-3-8-14-20)22(17-29)35-26(32)19-11-5-2-6-12-19/h2-16,22,24-25,29H,17H2,1H3/t22-,24-,25+/m1/s1. The van der Waals surface area contributed by atoms with Gasteiger partial charge < -0.3 is 19.3 Å². The number of esters is 3. The summed E-state index contributed by atoms with van der Waals surface area (Å²) in [5.74, 6) is -5.07. The van der Waals surface area contributed by atoms with E-state index in [2.05, 4.69) is 0 Å². The Morgan fingerprint density at radius 2 is 1.00 bits per heavy atom. The topological polar surface area (TPSA) is 133 Å². The van der Waals surface area contributed by atoms with Crippen LogP contribution in [0.1, 0.15) is 38.0 Å². The number of hydrogen-bond donors (Lipinski definition) is 1. The van der Waals surface area contributed by atoms with E-state index in [1.807, 2.05) is 0 Å². The molecular formula is C28H24O9. The summed E-state index contributed by atoms with van der Waals surface area (Å²) in [6.07, 6.45) is -5.54. The fourth-order valence-corrected chi connectivity index (χ4v) is 3.31. The molecule has 0 spiro atoms. The van der Waals surface area contributed by atoms with Crippen molar-refractivity contribution in [1.82, 2.24) is 0 Å². The van der Waals surface area contributed by atoms with Gasteiger partial charge in [-0.15, -0.1) is 0 Å². The Morgan fingerprint density at radius 1 is 0.622 bits per heavy atom. The summed E-state index contributed by atoms with van der Waals surface area (Å²) in [4.78, 5) is 63.4. The van der Waals surface area contributed by atoms with Crippen LogP contribution in [0.15, 0.2) is 91.0 Å². The number of ether oxygens (including phenoxy) is 3. The first-order valence-corrected chi connectivity index (χ1v) is 11.3. The molecule has 0 radical (unpaired) electrons. The number of aliphatic hydroxyl groups is 1. The van der Waals surface area contributed by atoms with E-state index >= 15 is 0 Å². The zero-order chi connectivity index (χ0) is 26.8. The van der Waals surface area contributed by atoms with Gasteiger partial charge in [-0.25, -0.2) is 14.4 Å². The molecule has 0 aliphatic carbocycles. The minimum Gasteiger partial charge on any atom is -0.452 e. The van der Waals surface area contributed by atoms with E-state index < -0.39 is 54.4 Å². The summed E-state index contributed by atoms with van der Waals surface area (Å²) in [5.41, 5.74) is 0.241. The highest BCUT2D eigenvalue weighted by Crippen LogP contribution is 2.20. The van der Waals surface area contributed by atoms with Crippen molar-refractivity contribution in [2.24, 2.45) is 0 Å². The minimum absolute atomic E-state index is 0.0545. The third-order valence-corrected chi connectivity index (χ3v) is 5.21. The first-order valence-electron chi connectivity index (χ1n) is 11.3. The molecule has 3 aromatic carbocycles. The SMILES string of the molecule is CC(=O)C(=O)[C@H](OC(=O)c1ccccc1)[C@H](OC(=O)c1ccccc1)[C@@H](CO)OC(=O)c1ccccc1. The lowest BCUT2D eigenvalue weighted by Gasteiger charge is -2.30. The van der Waals surface area contributed by atoms with Crippen LogP contribution in [-0.4, -0.2) is 59.5 Å². The number of aliphatic hydroxyl groups excluding tert-OH is 1. The van der Waals surface area contributed by atoms with E-state index in [1.54, 1.807) is 54.6 Å². The number of carbonyl (C=O) groups is 5. The zero-order valence-electron chi connectivity index (χ0n) is 19.8. The van der Waals surface area contributed by atoms with Crippen molar-refractivity contribution in [1.29, 1.82) is 0 Å². The molecule has 0 heterocycles. The van der Waals surface area contributed by atoms with Gasteiger partial charge in [-0.2, -0.15) is 0 Å². The summed E-state index contributed by atoms with van der Waals surface area (Å²) in [7, 11) is 0. The Balaban J connectivity index is 1.99. The molecule has 0 saturated carbocycles. The monoisotopic (exact) mass is 504 g/mol. The lowest BCUT2D eigenvalue weighted by Crippen LogP contribution is -2.52.